The van der Waals surface area contributed by atoms with Crippen LogP contribution in [0.3, 0.4) is 0 Å². The van der Waals surface area contributed by atoms with Crippen LogP contribution in [-0.2, 0) is 11.2 Å². The zero-order chi connectivity index (χ0) is 16.2. The molecular weight excluding hydrogens is 288 g/mol. The van der Waals surface area contributed by atoms with Crippen LogP contribution in [0.2, 0.25) is 0 Å². The van der Waals surface area contributed by atoms with E-state index in [0.29, 0.717) is 18.3 Å². The molecule has 0 saturated heterocycles. The van der Waals surface area contributed by atoms with E-state index in [1.54, 1.807) is 0 Å². The summed E-state index contributed by atoms with van der Waals surface area (Å²) in [6, 6.07) is 16.0. The molecule has 0 bridgehead atoms. The number of aromatic nitrogens is 2. The van der Waals surface area contributed by atoms with Gasteiger partial charge in [0.05, 0.1) is 11.9 Å². The van der Waals surface area contributed by atoms with Crippen LogP contribution >= 0.6 is 0 Å². The molecule has 0 aliphatic carbocycles. The third-order valence-electron chi connectivity index (χ3n) is 3.48. The molecule has 1 amide bonds. The number of rotatable bonds is 5. The highest BCUT2D eigenvalue weighted by Gasteiger charge is 2.11. The predicted octanol–water partition coefficient (Wildman–Crippen LogP) is 3.56. The Bertz CT molecular complexity index is 808. The highest BCUT2D eigenvalue weighted by Crippen LogP contribution is 2.24. The summed E-state index contributed by atoms with van der Waals surface area (Å²) in [6.07, 6.45) is 0.332. The van der Waals surface area contributed by atoms with Gasteiger partial charge >= 0.3 is 0 Å². The number of aromatic amines is 1. The fraction of sp³-hybridized carbons (Fsp3) is 0.222. The Morgan fingerprint density at radius 3 is 2.70 bits per heavy atom. The molecule has 3 rings (SSSR count). The third-order valence-corrected chi connectivity index (χ3v) is 3.48. The maximum absolute atomic E-state index is 12.2. The molecule has 118 valence electrons. The number of nitrogens with zero attached hydrogens (tertiary/aromatic N) is 1. The van der Waals surface area contributed by atoms with Crippen LogP contribution in [0.4, 0.5) is 11.5 Å². The molecule has 23 heavy (non-hydrogen) atoms. The van der Waals surface area contributed by atoms with Crippen molar-refractivity contribution in [1.82, 2.24) is 10.2 Å². The lowest BCUT2D eigenvalue weighted by molar-refractivity contribution is -0.115. The van der Waals surface area contributed by atoms with Gasteiger partial charge in [-0.25, -0.2) is 0 Å². The highest BCUT2D eigenvalue weighted by molar-refractivity contribution is 6.01. The van der Waals surface area contributed by atoms with E-state index < -0.39 is 0 Å². The Kier molecular flexibility index (Phi) is 4.28. The monoisotopic (exact) mass is 308 g/mol. The van der Waals surface area contributed by atoms with Gasteiger partial charge in [0.1, 0.15) is 0 Å². The fourth-order valence-corrected chi connectivity index (χ4v) is 2.49. The van der Waals surface area contributed by atoms with Crippen molar-refractivity contribution in [1.29, 1.82) is 0 Å². The van der Waals surface area contributed by atoms with Crippen LogP contribution in [-0.4, -0.2) is 22.1 Å². The maximum atomic E-state index is 12.2. The zero-order valence-electron chi connectivity index (χ0n) is 13.3. The number of carbonyl (C=O) groups excluding carboxylic acids is 1. The van der Waals surface area contributed by atoms with Gasteiger partial charge in [0, 0.05) is 17.1 Å². The molecule has 5 heteroatoms. The van der Waals surface area contributed by atoms with Crippen molar-refractivity contribution in [2.75, 3.05) is 10.6 Å². The lowest BCUT2D eigenvalue weighted by Crippen LogP contribution is -2.14. The van der Waals surface area contributed by atoms with Crippen LogP contribution in [0.1, 0.15) is 19.4 Å². The first-order chi connectivity index (χ1) is 11.1. The Morgan fingerprint density at radius 2 is 1.96 bits per heavy atom. The molecule has 0 fully saturated rings. The van der Waals surface area contributed by atoms with Crippen LogP contribution in [0.5, 0.6) is 0 Å². The number of benzene rings is 2. The molecule has 0 atom stereocenters. The summed E-state index contributed by atoms with van der Waals surface area (Å²) in [5.74, 6) is 0.486. The lowest BCUT2D eigenvalue weighted by atomic mass is 10.1. The average molecular weight is 308 g/mol. The van der Waals surface area contributed by atoms with Crippen LogP contribution < -0.4 is 10.6 Å². The van der Waals surface area contributed by atoms with Gasteiger partial charge in [-0.1, -0.05) is 30.3 Å². The van der Waals surface area contributed by atoms with Gasteiger partial charge in [0.15, 0.2) is 5.82 Å². The Labute approximate surface area is 135 Å². The molecule has 0 unspecified atom stereocenters. The quantitative estimate of drug-likeness (QED) is 0.675. The van der Waals surface area contributed by atoms with E-state index in [2.05, 4.69) is 34.7 Å². The standard InChI is InChI=1S/C18H20N4O/c1-12(2)19-14-8-9-16-15(11-14)18(22-21-16)20-17(23)10-13-6-4-3-5-7-13/h3-9,11-12,19H,10H2,1-2H3,(H2,20,21,22,23). The van der Waals surface area contributed by atoms with Crippen LogP contribution in [0.25, 0.3) is 10.9 Å². The Hall–Kier alpha value is -2.82. The van der Waals surface area contributed by atoms with Gasteiger partial charge in [-0.2, -0.15) is 5.10 Å². The van der Waals surface area contributed by atoms with E-state index in [0.717, 1.165) is 22.2 Å². The molecule has 0 aliphatic heterocycles. The molecule has 2 aromatic carbocycles. The van der Waals surface area contributed by atoms with E-state index >= 15 is 0 Å². The van der Waals surface area contributed by atoms with E-state index in [9.17, 15) is 4.79 Å². The highest BCUT2D eigenvalue weighted by atomic mass is 16.1. The number of fused-ring (bicyclic) bond motifs is 1. The minimum atomic E-state index is -0.0770. The summed E-state index contributed by atoms with van der Waals surface area (Å²) < 4.78 is 0. The van der Waals surface area contributed by atoms with E-state index in [1.807, 2.05) is 48.5 Å². The van der Waals surface area contributed by atoms with E-state index in [-0.39, 0.29) is 5.91 Å². The Balaban J connectivity index is 1.78. The van der Waals surface area contributed by atoms with Crippen molar-refractivity contribution in [3.05, 3.63) is 54.1 Å². The first-order valence-corrected chi connectivity index (χ1v) is 7.70. The summed E-state index contributed by atoms with van der Waals surface area (Å²) in [4.78, 5) is 12.2. The van der Waals surface area contributed by atoms with Crippen LogP contribution in [0, 0.1) is 0 Å². The molecule has 0 aliphatic rings. The lowest BCUT2D eigenvalue weighted by Gasteiger charge is -2.10. The second kappa shape index (κ2) is 6.52. The second-order valence-corrected chi connectivity index (χ2v) is 5.84. The van der Waals surface area contributed by atoms with Gasteiger partial charge in [0.25, 0.3) is 0 Å². The number of hydrogen-bond acceptors (Lipinski definition) is 3. The number of anilines is 2. The summed E-state index contributed by atoms with van der Waals surface area (Å²) >= 11 is 0. The minimum Gasteiger partial charge on any atom is -0.383 e. The third kappa shape index (κ3) is 3.69. The summed E-state index contributed by atoms with van der Waals surface area (Å²) in [5, 5.41) is 14.3. The fourth-order valence-electron chi connectivity index (χ4n) is 2.49. The molecule has 3 N–H and O–H groups in total. The smallest absolute Gasteiger partial charge is 0.230 e. The van der Waals surface area contributed by atoms with Gasteiger partial charge in [-0.15, -0.1) is 0 Å². The van der Waals surface area contributed by atoms with Crippen molar-refractivity contribution in [3.8, 4) is 0 Å². The molecule has 3 aromatic rings. The first kappa shape index (κ1) is 15.1. The van der Waals surface area contributed by atoms with Crippen molar-refractivity contribution >= 4 is 28.3 Å². The van der Waals surface area contributed by atoms with Gasteiger partial charge in [-0.05, 0) is 37.6 Å². The number of carbonyl (C=O) groups is 1. The first-order valence-electron chi connectivity index (χ1n) is 7.70. The van der Waals surface area contributed by atoms with Crippen molar-refractivity contribution in [2.45, 2.75) is 26.3 Å². The number of H-pyrrole nitrogens is 1. The molecule has 1 aromatic heterocycles. The number of hydrogen-bond donors (Lipinski definition) is 3. The van der Waals surface area contributed by atoms with Gasteiger partial charge in [-0.3, -0.25) is 9.89 Å². The second-order valence-electron chi connectivity index (χ2n) is 5.84. The van der Waals surface area contributed by atoms with Gasteiger partial charge in [0.2, 0.25) is 5.91 Å². The van der Waals surface area contributed by atoms with Crippen LogP contribution in [0.15, 0.2) is 48.5 Å². The van der Waals surface area contributed by atoms with Gasteiger partial charge < -0.3 is 10.6 Å². The zero-order valence-corrected chi connectivity index (χ0v) is 13.3. The SMILES string of the molecule is CC(C)Nc1ccc2[nH]nc(NC(=O)Cc3ccccc3)c2c1. The molecule has 5 nitrogen and oxygen atoms in total. The molecule has 0 radical (unpaired) electrons. The number of amides is 1. The normalized spacial score (nSPS) is 10.9. The molecule has 0 spiro atoms. The van der Waals surface area contributed by atoms with Crippen molar-refractivity contribution < 1.29 is 4.79 Å². The Morgan fingerprint density at radius 1 is 1.17 bits per heavy atom. The van der Waals surface area contributed by atoms with Crippen molar-refractivity contribution in [2.24, 2.45) is 0 Å². The van der Waals surface area contributed by atoms with E-state index in [1.165, 1.54) is 0 Å². The minimum absolute atomic E-state index is 0.0770. The maximum Gasteiger partial charge on any atom is 0.230 e. The summed E-state index contributed by atoms with van der Waals surface area (Å²) in [7, 11) is 0. The molecular formula is C18H20N4O. The topological polar surface area (TPSA) is 69.8 Å². The average Bonchev–Trinajstić information content (AvgIpc) is 2.90. The van der Waals surface area contributed by atoms with Crippen molar-refractivity contribution in [3.63, 3.8) is 0 Å². The predicted molar refractivity (Wildman–Crippen MR) is 93.6 cm³/mol. The number of nitrogens with one attached hydrogen (secondary N) is 3. The largest absolute Gasteiger partial charge is 0.383 e. The summed E-state index contributed by atoms with van der Waals surface area (Å²) in [6.45, 7) is 4.17. The summed E-state index contributed by atoms with van der Waals surface area (Å²) in [5.41, 5.74) is 2.88. The molecule has 1 heterocycles. The van der Waals surface area contributed by atoms with E-state index in [4.69, 9.17) is 0 Å². The molecule has 0 saturated carbocycles.